The highest BCUT2D eigenvalue weighted by atomic mass is 32.1. The first kappa shape index (κ1) is 13.5. The monoisotopic (exact) mass is 276 g/mol. The van der Waals surface area contributed by atoms with E-state index >= 15 is 0 Å². The molecule has 0 fully saturated rings. The number of ether oxygens (including phenoxy) is 1. The molecular formula is C14H16N2O2S. The molecule has 0 aliphatic heterocycles. The van der Waals surface area contributed by atoms with Crippen LogP contribution in [0.1, 0.15) is 11.9 Å². The molecule has 19 heavy (non-hydrogen) atoms. The third-order valence-electron chi connectivity index (χ3n) is 2.74. The predicted molar refractivity (Wildman–Crippen MR) is 77.4 cm³/mol. The Bertz CT molecular complexity index is 563. The van der Waals surface area contributed by atoms with Gasteiger partial charge in [0, 0.05) is 16.6 Å². The molecule has 2 rings (SSSR count). The first-order chi connectivity index (χ1) is 9.10. The van der Waals surface area contributed by atoms with Crippen LogP contribution >= 0.6 is 11.3 Å². The van der Waals surface area contributed by atoms with E-state index in [0.29, 0.717) is 0 Å². The van der Waals surface area contributed by atoms with E-state index in [-0.39, 0.29) is 12.0 Å². The number of aryl methyl sites for hydroxylation is 1. The van der Waals surface area contributed by atoms with E-state index in [1.54, 1.807) is 18.3 Å². The van der Waals surface area contributed by atoms with Crippen molar-refractivity contribution in [1.82, 2.24) is 4.98 Å². The van der Waals surface area contributed by atoms with Crippen molar-refractivity contribution in [2.24, 2.45) is 0 Å². The predicted octanol–water partition coefficient (Wildman–Crippen LogP) is 3.09. The molecule has 4 nitrogen and oxygen atoms in total. The van der Waals surface area contributed by atoms with Gasteiger partial charge in [-0.05, 0) is 26.0 Å². The zero-order valence-electron chi connectivity index (χ0n) is 11.1. The number of esters is 1. The number of benzene rings is 1. The fourth-order valence-corrected chi connectivity index (χ4v) is 2.34. The van der Waals surface area contributed by atoms with Gasteiger partial charge in [-0.25, -0.2) is 9.78 Å². The molecule has 5 heteroatoms. The molecule has 0 saturated heterocycles. The highest BCUT2D eigenvalue weighted by Crippen LogP contribution is 2.23. The molecule has 0 bridgehead atoms. The molecule has 1 aromatic heterocycles. The number of methoxy groups -OCH3 is 1. The fourth-order valence-electron chi connectivity index (χ4n) is 1.72. The number of thiazole rings is 1. The second-order valence-corrected chi connectivity index (χ2v) is 5.28. The molecule has 1 heterocycles. The maximum absolute atomic E-state index is 11.3. The summed E-state index contributed by atoms with van der Waals surface area (Å²) in [5, 5.41) is 6.17. The smallest absolute Gasteiger partial charge is 0.327 e. The quantitative estimate of drug-likeness (QED) is 0.872. The summed E-state index contributed by atoms with van der Waals surface area (Å²) in [5.74, 6) is -0.279. The Kier molecular flexibility index (Phi) is 4.16. The minimum atomic E-state index is -0.364. The maximum atomic E-state index is 11.3. The Labute approximate surface area is 116 Å². The van der Waals surface area contributed by atoms with Gasteiger partial charge >= 0.3 is 5.97 Å². The van der Waals surface area contributed by atoms with Crippen LogP contribution in [0.15, 0.2) is 29.6 Å². The summed E-state index contributed by atoms with van der Waals surface area (Å²) < 4.78 is 4.67. The second kappa shape index (κ2) is 5.84. The summed E-state index contributed by atoms with van der Waals surface area (Å²) in [6.07, 6.45) is 0. The van der Waals surface area contributed by atoms with Crippen LogP contribution in [0.5, 0.6) is 0 Å². The lowest BCUT2D eigenvalue weighted by Gasteiger charge is -2.12. The molecule has 0 spiro atoms. The first-order valence-electron chi connectivity index (χ1n) is 5.97. The number of carbonyl (C=O) groups is 1. The van der Waals surface area contributed by atoms with Crippen LogP contribution in [0, 0.1) is 6.92 Å². The Morgan fingerprint density at radius 3 is 2.58 bits per heavy atom. The summed E-state index contributed by atoms with van der Waals surface area (Å²) in [4.78, 5) is 15.8. The van der Waals surface area contributed by atoms with Crippen LogP contribution in [0.25, 0.3) is 11.3 Å². The van der Waals surface area contributed by atoms with Crippen molar-refractivity contribution in [3.8, 4) is 11.3 Å². The number of hydrogen-bond acceptors (Lipinski definition) is 5. The van der Waals surface area contributed by atoms with Crippen LogP contribution in [0.4, 0.5) is 5.69 Å². The molecule has 0 radical (unpaired) electrons. The van der Waals surface area contributed by atoms with E-state index in [2.05, 4.69) is 15.0 Å². The molecule has 2 aromatic rings. The summed E-state index contributed by atoms with van der Waals surface area (Å²) >= 11 is 1.63. The number of nitrogens with zero attached hydrogens (tertiary/aromatic N) is 1. The van der Waals surface area contributed by atoms with Crippen LogP contribution in [-0.2, 0) is 9.53 Å². The van der Waals surface area contributed by atoms with Gasteiger partial charge in [-0.3, -0.25) is 0 Å². The molecule has 1 aromatic carbocycles. The van der Waals surface area contributed by atoms with Gasteiger partial charge in [-0.2, -0.15) is 0 Å². The van der Waals surface area contributed by atoms with Gasteiger partial charge in [0.25, 0.3) is 0 Å². The molecule has 100 valence electrons. The molecule has 0 amide bonds. The fraction of sp³-hybridized carbons (Fsp3) is 0.286. The molecule has 1 unspecified atom stereocenters. The van der Waals surface area contributed by atoms with Crippen LogP contribution < -0.4 is 5.32 Å². The number of hydrogen-bond donors (Lipinski definition) is 1. The van der Waals surface area contributed by atoms with Gasteiger partial charge in [-0.1, -0.05) is 12.1 Å². The van der Waals surface area contributed by atoms with E-state index in [1.807, 2.05) is 36.6 Å². The Hall–Kier alpha value is -1.88. The Morgan fingerprint density at radius 1 is 1.37 bits per heavy atom. The topological polar surface area (TPSA) is 51.2 Å². The molecule has 0 aliphatic rings. The standard InChI is InChI=1S/C14H16N2O2S/c1-9(14(17)18-3)15-12-6-4-11(5-7-12)13-8-19-10(2)16-13/h4-9,15H,1-3H3. The van der Waals surface area contributed by atoms with Gasteiger partial charge in [-0.15, -0.1) is 11.3 Å². The van der Waals surface area contributed by atoms with Crippen LogP contribution in [-0.4, -0.2) is 24.1 Å². The molecule has 0 saturated carbocycles. The number of carbonyl (C=O) groups excluding carboxylic acids is 1. The molecule has 1 N–H and O–H groups in total. The normalized spacial score (nSPS) is 11.9. The molecule has 1 atom stereocenters. The van der Waals surface area contributed by atoms with E-state index in [4.69, 9.17) is 0 Å². The van der Waals surface area contributed by atoms with E-state index < -0.39 is 0 Å². The highest BCUT2D eigenvalue weighted by Gasteiger charge is 2.12. The van der Waals surface area contributed by atoms with Crippen molar-refractivity contribution in [2.75, 3.05) is 12.4 Å². The Balaban J connectivity index is 2.08. The SMILES string of the molecule is COC(=O)C(C)Nc1ccc(-c2csc(C)n2)cc1. The largest absolute Gasteiger partial charge is 0.467 e. The number of rotatable bonds is 4. The van der Waals surface area contributed by atoms with Crippen LogP contribution in [0.3, 0.4) is 0 Å². The average Bonchev–Trinajstić information content (AvgIpc) is 2.85. The van der Waals surface area contributed by atoms with Crippen molar-refractivity contribution >= 4 is 23.0 Å². The van der Waals surface area contributed by atoms with Crippen molar-refractivity contribution in [3.63, 3.8) is 0 Å². The highest BCUT2D eigenvalue weighted by molar-refractivity contribution is 7.09. The zero-order valence-corrected chi connectivity index (χ0v) is 12.0. The van der Waals surface area contributed by atoms with E-state index in [0.717, 1.165) is 22.0 Å². The van der Waals surface area contributed by atoms with E-state index in [9.17, 15) is 4.79 Å². The summed E-state index contributed by atoms with van der Waals surface area (Å²) in [6.45, 7) is 3.76. The van der Waals surface area contributed by atoms with Crippen molar-refractivity contribution < 1.29 is 9.53 Å². The minimum Gasteiger partial charge on any atom is -0.467 e. The summed E-state index contributed by atoms with van der Waals surface area (Å²) in [7, 11) is 1.38. The zero-order chi connectivity index (χ0) is 13.8. The summed E-state index contributed by atoms with van der Waals surface area (Å²) in [5.41, 5.74) is 2.93. The van der Waals surface area contributed by atoms with Crippen molar-refractivity contribution in [2.45, 2.75) is 19.9 Å². The summed E-state index contributed by atoms with van der Waals surface area (Å²) in [6, 6.07) is 7.48. The lowest BCUT2D eigenvalue weighted by molar-refractivity contribution is -0.141. The van der Waals surface area contributed by atoms with Crippen LogP contribution in [0.2, 0.25) is 0 Å². The molecular weight excluding hydrogens is 260 g/mol. The van der Waals surface area contributed by atoms with Gasteiger partial charge < -0.3 is 10.1 Å². The molecule has 0 aliphatic carbocycles. The van der Waals surface area contributed by atoms with Gasteiger partial charge in [0.05, 0.1) is 17.8 Å². The average molecular weight is 276 g/mol. The number of anilines is 1. The Morgan fingerprint density at radius 2 is 2.05 bits per heavy atom. The number of aromatic nitrogens is 1. The van der Waals surface area contributed by atoms with Gasteiger partial charge in [0.1, 0.15) is 6.04 Å². The number of nitrogens with one attached hydrogen (secondary N) is 1. The van der Waals surface area contributed by atoms with Crippen molar-refractivity contribution in [3.05, 3.63) is 34.7 Å². The van der Waals surface area contributed by atoms with E-state index in [1.165, 1.54) is 7.11 Å². The lowest BCUT2D eigenvalue weighted by atomic mass is 10.1. The third kappa shape index (κ3) is 3.32. The lowest BCUT2D eigenvalue weighted by Crippen LogP contribution is -2.27. The van der Waals surface area contributed by atoms with Crippen molar-refractivity contribution in [1.29, 1.82) is 0 Å². The maximum Gasteiger partial charge on any atom is 0.327 e. The minimum absolute atomic E-state index is 0.279. The third-order valence-corrected chi connectivity index (χ3v) is 3.51. The van der Waals surface area contributed by atoms with Gasteiger partial charge in [0.2, 0.25) is 0 Å². The first-order valence-corrected chi connectivity index (χ1v) is 6.85. The second-order valence-electron chi connectivity index (χ2n) is 4.22. The van der Waals surface area contributed by atoms with Gasteiger partial charge in [0.15, 0.2) is 0 Å².